The highest BCUT2D eigenvalue weighted by Gasteiger charge is 1.94. The number of thiophene rings is 1. The van der Waals surface area contributed by atoms with Crippen molar-refractivity contribution < 1.29 is 4.74 Å². The Morgan fingerprint density at radius 3 is 2.72 bits per heavy atom. The molecule has 2 aromatic rings. The van der Waals surface area contributed by atoms with E-state index in [1.54, 1.807) is 11.3 Å². The summed E-state index contributed by atoms with van der Waals surface area (Å²) in [7, 11) is 0. The first-order valence-electron chi connectivity index (χ1n) is 6.28. The molecule has 0 amide bonds. The summed E-state index contributed by atoms with van der Waals surface area (Å²) in [6.45, 7) is 3.49. The Kier molecular flexibility index (Phi) is 5.92. The number of rotatable bonds is 8. The van der Waals surface area contributed by atoms with Crippen LogP contribution in [0.25, 0.3) is 0 Å². The van der Waals surface area contributed by atoms with Gasteiger partial charge in [0.05, 0.1) is 6.61 Å². The van der Waals surface area contributed by atoms with E-state index in [9.17, 15) is 0 Å². The molecular weight excluding hydrogens is 242 g/mol. The van der Waals surface area contributed by atoms with Crippen molar-refractivity contribution in [2.75, 3.05) is 13.2 Å². The average Bonchev–Trinajstić information content (AvgIpc) is 2.92. The van der Waals surface area contributed by atoms with E-state index in [0.717, 1.165) is 32.7 Å². The predicted molar refractivity (Wildman–Crippen MR) is 76.7 cm³/mol. The van der Waals surface area contributed by atoms with Crippen LogP contribution in [-0.2, 0) is 17.9 Å². The van der Waals surface area contributed by atoms with Crippen LogP contribution in [0.3, 0.4) is 0 Å². The van der Waals surface area contributed by atoms with Crippen molar-refractivity contribution in [3.05, 3.63) is 58.3 Å². The summed E-state index contributed by atoms with van der Waals surface area (Å²) in [5.41, 5.74) is 2.61. The molecule has 2 nitrogen and oxygen atoms in total. The van der Waals surface area contributed by atoms with Crippen LogP contribution in [0.4, 0.5) is 0 Å². The molecule has 0 aliphatic carbocycles. The second kappa shape index (κ2) is 8.03. The number of benzene rings is 1. The zero-order chi connectivity index (χ0) is 12.5. The third-order valence-electron chi connectivity index (χ3n) is 2.66. The van der Waals surface area contributed by atoms with Crippen molar-refractivity contribution in [3.63, 3.8) is 0 Å². The zero-order valence-corrected chi connectivity index (χ0v) is 11.3. The topological polar surface area (TPSA) is 21.3 Å². The Morgan fingerprint density at radius 1 is 1.06 bits per heavy atom. The predicted octanol–water partition coefficient (Wildman–Crippen LogP) is 3.44. The summed E-state index contributed by atoms with van der Waals surface area (Å²) in [6.07, 6.45) is 1.05. The fourth-order valence-corrected chi connectivity index (χ4v) is 2.35. The fourth-order valence-electron chi connectivity index (χ4n) is 1.69. The highest BCUT2D eigenvalue weighted by atomic mass is 32.1. The van der Waals surface area contributed by atoms with Gasteiger partial charge in [-0.2, -0.15) is 11.3 Å². The summed E-state index contributed by atoms with van der Waals surface area (Å²) >= 11 is 1.72. The van der Waals surface area contributed by atoms with E-state index in [1.165, 1.54) is 11.1 Å². The lowest BCUT2D eigenvalue weighted by molar-refractivity contribution is 0.118. The highest BCUT2D eigenvalue weighted by Crippen LogP contribution is 2.07. The molecule has 0 radical (unpaired) electrons. The number of nitrogens with one attached hydrogen (secondary N) is 1. The largest absolute Gasteiger partial charge is 0.377 e. The summed E-state index contributed by atoms with van der Waals surface area (Å²) in [4.78, 5) is 0. The minimum Gasteiger partial charge on any atom is -0.377 e. The van der Waals surface area contributed by atoms with Gasteiger partial charge in [-0.05, 0) is 40.9 Å². The third kappa shape index (κ3) is 5.00. The van der Waals surface area contributed by atoms with E-state index < -0.39 is 0 Å². The van der Waals surface area contributed by atoms with E-state index in [0.29, 0.717) is 0 Å². The minimum atomic E-state index is 0.738. The quantitative estimate of drug-likeness (QED) is 0.735. The van der Waals surface area contributed by atoms with E-state index in [1.807, 2.05) is 6.07 Å². The Hall–Kier alpha value is -1.16. The second-order valence-corrected chi connectivity index (χ2v) is 4.98. The van der Waals surface area contributed by atoms with Gasteiger partial charge < -0.3 is 10.1 Å². The maximum absolute atomic E-state index is 5.60. The van der Waals surface area contributed by atoms with Crippen LogP contribution < -0.4 is 5.32 Å². The van der Waals surface area contributed by atoms with E-state index in [-0.39, 0.29) is 0 Å². The third-order valence-corrected chi connectivity index (χ3v) is 3.40. The van der Waals surface area contributed by atoms with Crippen LogP contribution in [0.15, 0.2) is 47.2 Å². The van der Waals surface area contributed by atoms with Gasteiger partial charge >= 0.3 is 0 Å². The molecule has 0 spiro atoms. The lowest BCUT2D eigenvalue weighted by Gasteiger charge is -2.05. The summed E-state index contributed by atoms with van der Waals surface area (Å²) in [5.74, 6) is 0. The van der Waals surface area contributed by atoms with Gasteiger partial charge in [0, 0.05) is 13.2 Å². The molecule has 0 saturated heterocycles. The average molecular weight is 261 g/mol. The molecule has 0 aliphatic heterocycles. The standard InChI is InChI=1S/C15H19NOS/c1-2-5-14(6-3-1)11-16-8-4-9-17-12-15-7-10-18-13-15/h1-3,5-7,10,13,16H,4,8-9,11-12H2. The molecule has 1 heterocycles. The number of hydrogen-bond donors (Lipinski definition) is 1. The monoisotopic (exact) mass is 261 g/mol. The van der Waals surface area contributed by atoms with E-state index >= 15 is 0 Å². The lowest BCUT2D eigenvalue weighted by Crippen LogP contribution is -2.16. The molecule has 96 valence electrons. The normalized spacial score (nSPS) is 10.7. The zero-order valence-electron chi connectivity index (χ0n) is 10.5. The van der Waals surface area contributed by atoms with Crippen LogP contribution >= 0.6 is 11.3 Å². The summed E-state index contributed by atoms with van der Waals surface area (Å²) in [6, 6.07) is 12.6. The first kappa shape index (κ1) is 13.3. The highest BCUT2D eigenvalue weighted by molar-refractivity contribution is 7.07. The lowest BCUT2D eigenvalue weighted by atomic mass is 10.2. The number of hydrogen-bond acceptors (Lipinski definition) is 3. The van der Waals surface area contributed by atoms with Crippen molar-refractivity contribution in [1.82, 2.24) is 5.32 Å². The molecule has 2 rings (SSSR count). The maximum Gasteiger partial charge on any atom is 0.0724 e. The summed E-state index contributed by atoms with van der Waals surface area (Å²) < 4.78 is 5.60. The smallest absolute Gasteiger partial charge is 0.0724 e. The van der Waals surface area contributed by atoms with E-state index in [4.69, 9.17) is 4.74 Å². The van der Waals surface area contributed by atoms with Gasteiger partial charge in [-0.1, -0.05) is 30.3 Å². The molecular formula is C15H19NOS. The van der Waals surface area contributed by atoms with Gasteiger partial charge in [-0.3, -0.25) is 0 Å². The minimum absolute atomic E-state index is 0.738. The molecule has 0 atom stereocenters. The van der Waals surface area contributed by atoms with Crippen molar-refractivity contribution in [1.29, 1.82) is 0 Å². The first-order chi connectivity index (χ1) is 8.95. The molecule has 0 saturated carbocycles. The Morgan fingerprint density at radius 2 is 1.94 bits per heavy atom. The summed E-state index contributed by atoms with van der Waals surface area (Å²) in [5, 5.41) is 7.63. The van der Waals surface area contributed by atoms with Gasteiger partial charge in [0.15, 0.2) is 0 Å². The van der Waals surface area contributed by atoms with Crippen molar-refractivity contribution in [3.8, 4) is 0 Å². The van der Waals surface area contributed by atoms with Gasteiger partial charge in [-0.25, -0.2) is 0 Å². The first-order valence-corrected chi connectivity index (χ1v) is 7.23. The van der Waals surface area contributed by atoms with Gasteiger partial charge in [0.2, 0.25) is 0 Å². The SMILES string of the molecule is c1ccc(CNCCCOCc2ccsc2)cc1. The van der Waals surface area contributed by atoms with E-state index in [2.05, 4.69) is 46.4 Å². The molecule has 3 heteroatoms. The van der Waals surface area contributed by atoms with Crippen LogP contribution in [0.2, 0.25) is 0 Å². The van der Waals surface area contributed by atoms with Gasteiger partial charge in [0.1, 0.15) is 0 Å². The molecule has 18 heavy (non-hydrogen) atoms. The molecule has 1 N–H and O–H groups in total. The van der Waals surface area contributed by atoms with Crippen molar-refractivity contribution >= 4 is 11.3 Å². The molecule has 0 fully saturated rings. The molecule has 0 bridgehead atoms. The number of ether oxygens (including phenoxy) is 1. The van der Waals surface area contributed by atoms with Crippen LogP contribution in [-0.4, -0.2) is 13.2 Å². The Balaban J connectivity index is 1.47. The second-order valence-electron chi connectivity index (χ2n) is 4.20. The van der Waals surface area contributed by atoms with Gasteiger partial charge in [0.25, 0.3) is 0 Å². The Bertz CT molecular complexity index is 413. The molecule has 1 aromatic carbocycles. The van der Waals surface area contributed by atoms with Crippen molar-refractivity contribution in [2.24, 2.45) is 0 Å². The maximum atomic E-state index is 5.60. The Labute approximate surface area is 113 Å². The van der Waals surface area contributed by atoms with Crippen molar-refractivity contribution in [2.45, 2.75) is 19.6 Å². The van der Waals surface area contributed by atoms with Crippen LogP contribution in [0.1, 0.15) is 17.5 Å². The fraction of sp³-hybridized carbons (Fsp3) is 0.333. The van der Waals surface area contributed by atoms with Crippen LogP contribution in [0.5, 0.6) is 0 Å². The van der Waals surface area contributed by atoms with Crippen LogP contribution in [0, 0.1) is 0 Å². The van der Waals surface area contributed by atoms with Gasteiger partial charge in [-0.15, -0.1) is 0 Å². The molecule has 1 aromatic heterocycles. The molecule has 0 aliphatic rings. The molecule has 0 unspecified atom stereocenters.